The Morgan fingerprint density at radius 3 is 2.84 bits per heavy atom. The molecule has 0 atom stereocenters. The molecule has 0 aromatic carbocycles. The first-order valence-electron chi connectivity index (χ1n) is 5.34. The van der Waals surface area contributed by atoms with E-state index in [1.54, 1.807) is 6.20 Å². The van der Waals surface area contributed by atoms with Crippen LogP contribution >= 0.6 is 22.7 Å². The largest absolute Gasteiger partial charge is 0.464 e. The second-order valence-electron chi connectivity index (χ2n) is 3.52. The number of ether oxygens (including phenoxy) is 1. The maximum absolute atomic E-state index is 11.5. The highest BCUT2D eigenvalue weighted by Crippen LogP contribution is 2.24. The van der Waals surface area contributed by atoms with Gasteiger partial charge >= 0.3 is 5.97 Å². The number of nitrogens with zero attached hydrogens (tertiary/aromatic N) is 2. The van der Waals surface area contributed by atoms with Crippen molar-refractivity contribution in [2.45, 2.75) is 13.5 Å². The second kappa shape index (κ2) is 5.89. The van der Waals surface area contributed by atoms with Gasteiger partial charge in [0.25, 0.3) is 0 Å². The molecule has 0 saturated carbocycles. The lowest BCUT2D eigenvalue weighted by molar-refractivity contribution is 0.0591. The molecule has 0 aliphatic carbocycles. The molecular formula is C11H11N3O3S2. The Balaban J connectivity index is 2.17. The van der Waals surface area contributed by atoms with E-state index in [0.29, 0.717) is 16.6 Å². The summed E-state index contributed by atoms with van der Waals surface area (Å²) in [5, 5.41) is 6.31. The molecule has 2 rings (SSSR count). The van der Waals surface area contributed by atoms with E-state index in [1.807, 2.05) is 5.38 Å². The number of nitrogens with one attached hydrogen (secondary N) is 1. The van der Waals surface area contributed by atoms with Crippen LogP contribution in [0, 0.1) is 0 Å². The molecule has 0 bridgehead atoms. The van der Waals surface area contributed by atoms with Crippen molar-refractivity contribution in [2.75, 3.05) is 12.4 Å². The molecule has 2 heterocycles. The van der Waals surface area contributed by atoms with Crippen LogP contribution in [0.2, 0.25) is 0 Å². The van der Waals surface area contributed by atoms with Crippen molar-refractivity contribution in [3.05, 3.63) is 27.2 Å². The molecule has 0 aliphatic rings. The molecular weight excluding hydrogens is 286 g/mol. The van der Waals surface area contributed by atoms with Crippen molar-refractivity contribution in [1.29, 1.82) is 0 Å². The van der Waals surface area contributed by atoms with Crippen LogP contribution in [0.3, 0.4) is 0 Å². The maximum atomic E-state index is 11.5. The standard InChI is InChI=1S/C11H11N3O3S2/c1-6(15)9-8(10(16)17-2)14-11(19-9)13-5-7-12-3-4-18-7/h3-4H,5H2,1-2H3,(H,13,14). The summed E-state index contributed by atoms with van der Waals surface area (Å²) in [5.74, 6) is -0.816. The lowest BCUT2D eigenvalue weighted by atomic mass is 10.3. The third-order valence-electron chi connectivity index (χ3n) is 2.20. The first-order chi connectivity index (χ1) is 9.11. The van der Waals surface area contributed by atoms with Crippen molar-refractivity contribution >= 4 is 39.6 Å². The molecule has 0 amide bonds. The monoisotopic (exact) mass is 297 g/mol. The summed E-state index contributed by atoms with van der Waals surface area (Å²) in [6.45, 7) is 1.90. The average molecular weight is 297 g/mol. The summed E-state index contributed by atoms with van der Waals surface area (Å²) in [6.07, 6.45) is 1.71. The van der Waals surface area contributed by atoms with Crippen molar-refractivity contribution in [1.82, 2.24) is 9.97 Å². The van der Waals surface area contributed by atoms with Crippen LogP contribution in [0.4, 0.5) is 5.13 Å². The molecule has 2 aromatic heterocycles. The van der Waals surface area contributed by atoms with Gasteiger partial charge in [-0.25, -0.2) is 14.8 Å². The smallest absolute Gasteiger partial charge is 0.358 e. The van der Waals surface area contributed by atoms with E-state index in [0.717, 1.165) is 16.3 Å². The van der Waals surface area contributed by atoms with Gasteiger partial charge in [0.1, 0.15) is 9.88 Å². The number of esters is 1. The Labute approximate surface area is 117 Å². The van der Waals surface area contributed by atoms with Gasteiger partial charge in [0, 0.05) is 18.5 Å². The van der Waals surface area contributed by atoms with Gasteiger partial charge in [-0.1, -0.05) is 11.3 Å². The van der Waals surface area contributed by atoms with E-state index >= 15 is 0 Å². The van der Waals surface area contributed by atoms with E-state index in [9.17, 15) is 9.59 Å². The fourth-order valence-electron chi connectivity index (χ4n) is 1.36. The first-order valence-corrected chi connectivity index (χ1v) is 7.03. The Kier molecular flexibility index (Phi) is 4.23. The first kappa shape index (κ1) is 13.6. The van der Waals surface area contributed by atoms with Crippen molar-refractivity contribution in [3.8, 4) is 0 Å². The molecule has 8 heteroatoms. The summed E-state index contributed by atoms with van der Waals surface area (Å²) in [5.41, 5.74) is 0.0571. The number of carbonyl (C=O) groups is 2. The molecule has 1 N–H and O–H groups in total. The normalized spacial score (nSPS) is 10.2. The molecule has 0 radical (unpaired) electrons. The van der Waals surface area contributed by atoms with Gasteiger partial charge in [-0.2, -0.15) is 0 Å². The number of anilines is 1. The van der Waals surface area contributed by atoms with Gasteiger partial charge in [0.15, 0.2) is 16.6 Å². The quantitative estimate of drug-likeness (QED) is 0.673. The van der Waals surface area contributed by atoms with Crippen molar-refractivity contribution in [3.63, 3.8) is 0 Å². The van der Waals surface area contributed by atoms with Crippen LogP contribution in [0.15, 0.2) is 11.6 Å². The van der Waals surface area contributed by atoms with Gasteiger partial charge in [0.05, 0.1) is 13.7 Å². The SMILES string of the molecule is COC(=O)c1nc(NCc2nccs2)sc1C(C)=O. The van der Waals surface area contributed by atoms with E-state index in [2.05, 4.69) is 20.0 Å². The van der Waals surface area contributed by atoms with Crippen molar-refractivity contribution in [2.24, 2.45) is 0 Å². The average Bonchev–Trinajstić information content (AvgIpc) is 3.04. The summed E-state index contributed by atoms with van der Waals surface area (Å²) < 4.78 is 4.61. The zero-order valence-electron chi connectivity index (χ0n) is 10.3. The number of hydrogen-bond donors (Lipinski definition) is 1. The number of methoxy groups -OCH3 is 1. The Bertz CT molecular complexity index is 592. The van der Waals surface area contributed by atoms with Gasteiger partial charge < -0.3 is 10.1 Å². The van der Waals surface area contributed by atoms with Crippen molar-refractivity contribution < 1.29 is 14.3 Å². The predicted octanol–water partition coefficient (Wildman–Crippen LogP) is 2.20. The highest BCUT2D eigenvalue weighted by molar-refractivity contribution is 7.17. The zero-order chi connectivity index (χ0) is 13.8. The topological polar surface area (TPSA) is 81.2 Å². The number of aromatic nitrogens is 2. The van der Waals surface area contributed by atoms with Gasteiger partial charge in [-0.15, -0.1) is 11.3 Å². The molecule has 100 valence electrons. The maximum Gasteiger partial charge on any atom is 0.358 e. The molecule has 0 saturated heterocycles. The molecule has 0 aliphatic heterocycles. The minimum atomic E-state index is -0.608. The summed E-state index contributed by atoms with van der Waals surface area (Å²) in [6, 6.07) is 0. The van der Waals surface area contributed by atoms with Crippen LogP contribution < -0.4 is 5.32 Å². The summed E-state index contributed by atoms with van der Waals surface area (Å²) >= 11 is 2.65. The van der Waals surface area contributed by atoms with Crippen LogP contribution in [-0.2, 0) is 11.3 Å². The third-order valence-corrected chi connectivity index (χ3v) is 4.09. The van der Waals surface area contributed by atoms with Gasteiger partial charge in [-0.05, 0) is 0 Å². The van der Waals surface area contributed by atoms with Crippen LogP contribution in [-0.4, -0.2) is 28.8 Å². The van der Waals surface area contributed by atoms with E-state index in [-0.39, 0.29) is 11.5 Å². The Morgan fingerprint density at radius 2 is 2.26 bits per heavy atom. The van der Waals surface area contributed by atoms with Crippen LogP contribution in [0.1, 0.15) is 32.1 Å². The minimum absolute atomic E-state index is 0.0571. The molecule has 0 unspecified atom stereocenters. The highest BCUT2D eigenvalue weighted by atomic mass is 32.1. The fraction of sp³-hybridized carbons (Fsp3) is 0.273. The van der Waals surface area contributed by atoms with Gasteiger partial charge in [-0.3, -0.25) is 4.79 Å². The Hall–Kier alpha value is -1.80. The summed E-state index contributed by atoms with van der Waals surface area (Å²) in [4.78, 5) is 31.5. The number of hydrogen-bond acceptors (Lipinski definition) is 8. The number of Topliss-reactive ketones (excluding diaryl/α,β-unsaturated/α-hetero) is 1. The molecule has 0 spiro atoms. The van der Waals surface area contributed by atoms with E-state index < -0.39 is 5.97 Å². The van der Waals surface area contributed by atoms with Crippen LogP contribution in [0.5, 0.6) is 0 Å². The lowest BCUT2D eigenvalue weighted by Crippen LogP contribution is -2.07. The predicted molar refractivity (Wildman–Crippen MR) is 72.9 cm³/mol. The molecule has 6 nitrogen and oxygen atoms in total. The molecule has 0 fully saturated rings. The van der Waals surface area contributed by atoms with Gasteiger partial charge in [0.2, 0.25) is 0 Å². The minimum Gasteiger partial charge on any atom is -0.464 e. The third kappa shape index (κ3) is 3.15. The second-order valence-corrected chi connectivity index (χ2v) is 5.50. The number of ketones is 1. The number of carbonyl (C=O) groups excluding carboxylic acids is 2. The number of rotatable bonds is 5. The summed E-state index contributed by atoms with van der Waals surface area (Å²) in [7, 11) is 1.26. The zero-order valence-corrected chi connectivity index (χ0v) is 11.9. The lowest BCUT2D eigenvalue weighted by Gasteiger charge is -1.97. The fourth-order valence-corrected chi connectivity index (χ4v) is 2.76. The van der Waals surface area contributed by atoms with Crippen LogP contribution in [0.25, 0.3) is 0 Å². The van der Waals surface area contributed by atoms with E-state index in [1.165, 1.54) is 25.4 Å². The molecule has 19 heavy (non-hydrogen) atoms. The Morgan fingerprint density at radius 1 is 1.47 bits per heavy atom. The number of thiazole rings is 2. The van der Waals surface area contributed by atoms with E-state index in [4.69, 9.17) is 0 Å². The molecule has 2 aromatic rings. The highest BCUT2D eigenvalue weighted by Gasteiger charge is 2.21.